The third-order valence-electron chi connectivity index (χ3n) is 3.56. The van der Waals surface area contributed by atoms with E-state index in [4.69, 9.17) is 4.74 Å². The molecule has 2 atom stereocenters. The van der Waals surface area contributed by atoms with Crippen molar-refractivity contribution in [1.29, 1.82) is 0 Å². The normalized spacial score (nSPS) is 24.5. The van der Waals surface area contributed by atoms with Crippen molar-refractivity contribution >= 4 is 28.9 Å². The maximum atomic E-state index is 12.4. The Morgan fingerprint density at radius 1 is 1.52 bits per heavy atom. The summed E-state index contributed by atoms with van der Waals surface area (Å²) in [5.74, 6) is -3.12. The standard InChI is InChI=1S/C13H14F3NO5S/c1-6-12(20,3-4-22-6)8-5-7(9(23-8)10(18)21-2)17-11(19)13(14,15)16/h5-6,20H,3-4H2,1-2H3,(H,17,19). The van der Waals surface area contributed by atoms with Crippen molar-refractivity contribution in [3.63, 3.8) is 0 Å². The second kappa shape index (κ2) is 6.10. The molecule has 1 aliphatic rings. The van der Waals surface area contributed by atoms with Crippen molar-refractivity contribution in [2.75, 3.05) is 19.0 Å². The molecule has 6 nitrogen and oxygen atoms in total. The first kappa shape index (κ1) is 17.7. The molecule has 1 fully saturated rings. The number of alkyl halides is 3. The van der Waals surface area contributed by atoms with Crippen molar-refractivity contribution in [1.82, 2.24) is 0 Å². The molecular formula is C13H14F3NO5S. The third kappa shape index (κ3) is 3.33. The predicted octanol–water partition coefficient (Wildman–Crippen LogP) is 2.03. The average Bonchev–Trinajstić information content (AvgIpc) is 3.03. The Morgan fingerprint density at radius 3 is 2.65 bits per heavy atom. The highest BCUT2D eigenvalue weighted by molar-refractivity contribution is 7.14. The molecule has 0 radical (unpaired) electrons. The fourth-order valence-electron chi connectivity index (χ4n) is 2.19. The maximum Gasteiger partial charge on any atom is 0.471 e. The molecule has 1 aromatic rings. The minimum atomic E-state index is -5.10. The second-order valence-corrected chi connectivity index (χ2v) is 6.04. The number of ether oxygens (including phenoxy) is 2. The summed E-state index contributed by atoms with van der Waals surface area (Å²) in [6, 6.07) is 1.14. The smallest absolute Gasteiger partial charge is 0.465 e. The number of thiophene rings is 1. The van der Waals surface area contributed by atoms with Crippen molar-refractivity contribution < 1.29 is 37.3 Å². The SMILES string of the molecule is COC(=O)c1sc(C2(O)CCOC2C)cc1NC(=O)C(F)(F)F. The molecular weight excluding hydrogens is 339 g/mol. The van der Waals surface area contributed by atoms with E-state index in [1.807, 2.05) is 0 Å². The fraction of sp³-hybridized carbons (Fsp3) is 0.538. The number of carbonyl (C=O) groups excluding carboxylic acids is 2. The monoisotopic (exact) mass is 353 g/mol. The van der Waals surface area contributed by atoms with Gasteiger partial charge in [-0.25, -0.2) is 4.79 Å². The zero-order chi connectivity index (χ0) is 17.4. The number of esters is 1. The van der Waals surface area contributed by atoms with Crippen LogP contribution in [0.4, 0.5) is 18.9 Å². The highest BCUT2D eigenvalue weighted by atomic mass is 32.1. The summed E-state index contributed by atoms with van der Waals surface area (Å²) >= 11 is 0.758. The number of methoxy groups -OCH3 is 1. The molecule has 0 saturated carbocycles. The van der Waals surface area contributed by atoms with Gasteiger partial charge in [0.15, 0.2) is 0 Å². The van der Waals surface area contributed by atoms with Gasteiger partial charge in [-0.2, -0.15) is 13.2 Å². The van der Waals surface area contributed by atoms with Crippen LogP contribution >= 0.6 is 11.3 Å². The van der Waals surface area contributed by atoms with E-state index in [1.165, 1.54) is 0 Å². The van der Waals surface area contributed by atoms with Gasteiger partial charge in [-0.15, -0.1) is 11.3 Å². The van der Waals surface area contributed by atoms with Gasteiger partial charge in [-0.1, -0.05) is 0 Å². The lowest BCUT2D eigenvalue weighted by atomic mass is 9.94. The molecule has 2 rings (SSSR count). The van der Waals surface area contributed by atoms with Crippen LogP contribution in [-0.2, 0) is 19.9 Å². The van der Waals surface area contributed by atoms with Gasteiger partial charge in [0.05, 0.1) is 25.5 Å². The molecule has 1 amide bonds. The third-order valence-corrected chi connectivity index (χ3v) is 4.84. The summed E-state index contributed by atoms with van der Waals surface area (Å²) in [5.41, 5.74) is -1.79. The Bertz CT molecular complexity index is 630. The summed E-state index contributed by atoms with van der Waals surface area (Å²) in [5, 5.41) is 12.3. The lowest BCUT2D eigenvalue weighted by Gasteiger charge is -2.24. The zero-order valence-corrected chi connectivity index (χ0v) is 13.0. The number of amides is 1. The van der Waals surface area contributed by atoms with E-state index in [0.29, 0.717) is 0 Å². The van der Waals surface area contributed by atoms with E-state index >= 15 is 0 Å². The molecule has 1 aliphatic heterocycles. The van der Waals surface area contributed by atoms with E-state index in [1.54, 1.807) is 12.2 Å². The Labute approximate surface area is 133 Å². The lowest BCUT2D eigenvalue weighted by molar-refractivity contribution is -0.167. The lowest BCUT2D eigenvalue weighted by Crippen LogP contribution is -2.32. The minimum absolute atomic E-state index is 0.223. The van der Waals surface area contributed by atoms with Crippen molar-refractivity contribution in [2.45, 2.75) is 31.2 Å². The van der Waals surface area contributed by atoms with E-state index in [-0.39, 0.29) is 28.5 Å². The van der Waals surface area contributed by atoms with E-state index in [9.17, 15) is 27.9 Å². The van der Waals surface area contributed by atoms with E-state index in [2.05, 4.69) is 4.74 Å². The Morgan fingerprint density at radius 2 is 2.17 bits per heavy atom. The van der Waals surface area contributed by atoms with Gasteiger partial charge < -0.3 is 19.9 Å². The van der Waals surface area contributed by atoms with E-state index < -0.39 is 29.8 Å². The summed E-state index contributed by atoms with van der Waals surface area (Å²) in [7, 11) is 1.06. The first-order chi connectivity index (χ1) is 10.6. The molecule has 0 bridgehead atoms. The molecule has 23 heavy (non-hydrogen) atoms. The van der Waals surface area contributed by atoms with Gasteiger partial charge in [0.2, 0.25) is 0 Å². The topological polar surface area (TPSA) is 84.9 Å². The number of rotatable bonds is 3. The predicted molar refractivity (Wildman–Crippen MR) is 74.3 cm³/mol. The van der Waals surface area contributed by atoms with E-state index in [0.717, 1.165) is 24.5 Å². The first-order valence-corrected chi connectivity index (χ1v) is 7.36. The number of anilines is 1. The molecule has 2 unspecified atom stereocenters. The number of aliphatic hydroxyl groups is 1. The molecule has 2 heterocycles. The van der Waals surface area contributed by atoms with Crippen LogP contribution in [0.2, 0.25) is 0 Å². The summed E-state index contributed by atoms with van der Waals surface area (Å²) in [4.78, 5) is 22.8. The first-order valence-electron chi connectivity index (χ1n) is 6.54. The van der Waals surface area contributed by atoms with Gasteiger partial charge in [0.1, 0.15) is 10.5 Å². The largest absolute Gasteiger partial charge is 0.471 e. The van der Waals surface area contributed by atoms with Gasteiger partial charge in [-0.3, -0.25) is 4.79 Å². The summed E-state index contributed by atoms with van der Waals surface area (Å²) in [6.07, 6.45) is -5.48. The van der Waals surface area contributed by atoms with Crippen LogP contribution < -0.4 is 5.32 Å². The van der Waals surface area contributed by atoms with Crippen molar-refractivity contribution in [3.05, 3.63) is 15.8 Å². The van der Waals surface area contributed by atoms with Crippen LogP contribution in [0.5, 0.6) is 0 Å². The molecule has 0 aromatic carbocycles. The van der Waals surface area contributed by atoms with Crippen molar-refractivity contribution in [2.24, 2.45) is 0 Å². The number of halogens is 3. The molecule has 0 spiro atoms. The minimum Gasteiger partial charge on any atom is -0.465 e. The molecule has 10 heteroatoms. The van der Waals surface area contributed by atoms with Crippen LogP contribution in [0.1, 0.15) is 27.9 Å². The van der Waals surface area contributed by atoms with Crippen molar-refractivity contribution in [3.8, 4) is 0 Å². The fourth-order valence-corrected chi connectivity index (χ4v) is 3.42. The van der Waals surface area contributed by atoms with Crippen LogP contribution in [0.15, 0.2) is 6.07 Å². The van der Waals surface area contributed by atoms with Crippen LogP contribution in [0, 0.1) is 0 Å². The number of nitrogens with one attached hydrogen (secondary N) is 1. The average molecular weight is 353 g/mol. The van der Waals surface area contributed by atoms with Gasteiger partial charge in [-0.05, 0) is 13.0 Å². The van der Waals surface area contributed by atoms with Crippen LogP contribution in [0.25, 0.3) is 0 Å². The van der Waals surface area contributed by atoms with Crippen LogP contribution in [-0.4, -0.2) is 43.0 Å². The molecule has 0 aliphatic carbocycles. The summed E-state index contributed by atoms with van der Waals surface area (Å²) in [6.45, 7) is 1.88. The highest BCUT2D eigenvalue weighted by Gasteiger charge is 2.44. The Kier molecular flexibility index (Phi) is 4.69. The maximum absolute atomic E-state index is 12.4. The number of hydrogen-bond acceptors (Lipinski definition) is 6. The summed E-state index contributed by atoms with van der Waals surface area (Å²) < 4.78 is 47.0. The quantitative estimate of drug-likeness (QED) is 0.813. The number of carbonyl (C=O) groups is 2. The Hall–Kier alpha value is -1.65. The molecule has 1 aromatic heterocycles. The zero-order valence-electron chi connectivity index (χ0n) is 12.2. The van der Waals surface area contributed by atoms with Gasteiger partial charge in [0, 0.05) is 11.3 Å². The second-order valence-electron chi connectivity index (χ2n) is 4.98. The Balaban J connectivity index is 2.41. The molecule has 2 N–H and O–H groups in total. The van der Waals surface area contributed by atoms with Crippen LogP contribution in [0.3, 0.4) is 0 Å². The van der Waals surface area contributed by atoms with Gasteiger partial charge >= 0.3 is 18.1 Å². The highest BCUT2D eigenvalue weighted by Crippen LogP contribution is 2.42. The molecule has 128 valence electrons. The number of hydrogen-bond donors (Lipinski definition) is 2. The van der Waals surface area contributed by atoms with Gasteiger partial charge in [0.25, 0.3) is 0 Å². The molecule has 1 saturated heterocycles.